The molecule has 0 bridgehead atoms. The number of nitrogens with zero attached hydrogens (tertiary/aromatic N) is 5. The predicted molar refractivity (Wildman–Crippen MR) is 97.8 cm³/mol. The van der Waals surface area contributed by atoms with Gasteiger partial charge < -0.3 is 4.90 Å². The molecule has 2 aromatic carbocycles. The predicted octanol–water partition coefficient (Wildman–Crippen LogP) is 2.18. The van der Waals surface area contributed by atoms with Crippen molar-refractivity contribution < 1.29 is 9.18 Å². The van der Waals surface area contributed by atoms with Gasteiger partial charge in [-0.2, -0.15) is 9.36 Å². The lowest BCUT2D eigenvalue weighted by molar-refractivity contribution is -0.134. The SMILES string of the molecule is CCN(C(=O)Cn1nnn(-c2ccccc2)c1=O)C(C)c1ccc(F)cc1. The normalized spacial score (nSPS) is 12.0. The average molecular weight is 369 g/mol. The summed E-state index contributed by atoms with van der Waals surface area (Å²) in [6.07, 6.45) is 0. The van der Waals surface area contributed by atoms with Crippen LogP contribution in [0, 0.1) is 5.82 Å². The number of likely N-dealkylation sites (N-methyl/N-ethyl adjacent to an activating group) is 1. The van der Waals surface area contributed by atoms with Crippen LogP contribution in [0.1, 0.15) is 25.5 Å². The Morgan fingerprint density at radius 1 is 1.11 bits per heavy atom. The third kappa shape index (κ3) is 3.94. The zero-order valence-electron chi connectivity index (χ0n) is 15.1. The molecule has 3 rings (SSSR count). The lowest BCUT2D eigenvalue weighted by Crippen LogP contribution is -2.38. The summed E-state index contributed by atoms with van der Waals surface area (Å²) in [5, 5.41) is 7.65. The van der Waals surface area contributed by atoms with E-state index in [4.69, 9.17) is 0 Å². The fraction of sp³-hybridized carbons (Fsp3) is 0.263. The molecule has 7 nitrogen and oxygen atoms in total. The Balaban J connectivity index is 1.78. The first-order chi connectivity index (χ1) is 13.0. The number of carbonyl (C=O) groups excluding carboxylic acids is 1. The Hall–Kier alpha value is -3.29. The van der Waals surface area contributed by atoms with Gasteiger partial charge in [-0.3, -0.25) is 4.79 Å². The van der Waals surface area contributed by atoms with Crippen LogP contribution in [0.2, 0.25) is 0 Å². The molecule has 140 valence electrons. The highest BCUT2D eigenvalue weighted by Gasteiger charge is 2.22. The van der Waals surface area contributed by atoms with E-state index < -0.39 is 5.69 Å². The van der Waals surface area contributed by atoms with Crippen molar-refractivity contribution in [2.45, 2.75) is 26.4 Å². The summed E-state index contributed by atoms with van der Waals surface area (Å²) in [6.45, 7) is 3.93. The molecule has 0 aliphatic heterocycles. The van der Waals surface area contributed by atoms with Crippen LogP contribution < -0.4 is 5.69 Å². The highest BCUT2D eigenvalue weighted by molar-refractivity contribution is 5.76. The maximum Gasteiger partial charge on any atom is 0.368 e. The second kappa shape index (κ2) is 7.94. The largest absolute Gasteiger partial charge is 0.368 e. The Morgan fingerprint density at radius 2 is 1.78 bits per heavy atom. The molecule has 0 spiro atoms. The first kappa shape index (κ1) is 18.5. The molecule has 0 aliphatic rings. The van der Waals surface area contributed by atoms with E-state index in [1.165, 1.54) is 12.1 Å². The van der Waals surface area contributed by atoms with Crippen molar-refractivity contribution in [3.05, 3.63) is 76.5 Å². The monoisotopic (exact) mass is 369 g/mol. The minimum atomic E-state index is -0.486. The van der Waals surface area contributed by atoms with Crippen LogP contribution in [-0.2, 0) is 11.3 Å². The van der Waals surface area contributed by atoms with Crippen molar-refractivity contribution in [3.63, 3.8) is 0 Å². The fourth-order valence-electron chi connectivity index (χ4n) is 2.91. The highest BCUT2D eigenvalue weighted by atomic mass is 19.1. The second-order valence-corrected chi connectivity index (χ2v) is 6.07. The molecule has 1 atom stereocenters. The standard InChI is InChI=1S/C19H20FN5O2/c1-3-23(14(2)15-9-11-16(20)12-10-15)18(26)13-24-19(27)25(22-21-24)17-7-5-4-6-8-17/h4-12,14H,3,13H2,1-2H3. The molecule has 0 radical (unpaired) electrons. The van der Waals surface area contributed by atoms with E-state index in [-0.39, 0.29) is 24.3 Å². The lowest BCUT2D eigenvalue weighted by Gasteiger charge is -2.28. The average Bonchev–Trinajstić information content (AvgIpc) is 3.04. The number of para-hydroxylation sites is 1. The molecule has 1 unspecified atom stereocenters. The smallest absolute Gasteiger partial charge is 0.335 e. The molecular formula is C19H20FN5O2. The number of tetrazole rings is 1. The van der Waals surface area contributed by atoms with Crippen LogP contribution in [-0.4, -0.2) is 37.1 Å². The van der Waals surface area contributed by atoms with E-state index in [0.29, 0.717) is 12.2 Å². The summed E-state index contributed by atoms with van der Waals surface area (Å²) in [5.41, 5.74) is 0.903. The number of hydrogen-bond acceptors (Lipinski definition) is 4. The van der Waals surface area contributed by atoms with E-state index in [0.717, 1.165) is 14.9 Å². The summed E-state index contributed by atoms with van der Waals surface area (Å²) < 4.78 is 15.3. The fourth-order valence-corrected chi connectivity index (χ4v) is 2.91. The Morgan fingerprint density at radius 3 is 2.41 bits per heavy atom. The number of hydrogen-bond donors (Lipinski definition) is 0. The molecule has 1 aromatic heterocycles. The summed E-state index contributed by atoms with van der Waals surface area (Å²) in [4.78, 5) is 26.8. The Kier molecular flexibility index (Phi) is 5.44. The summed E-state index contributed by atoms with van der Waals surface area (Å²) >= 11 is 0. The van der Waals surface area contributed by atoms with Crippen molar-refractivity contribution in [2.75, 3.05) is 6.54 Å². The minimum absolute atomic E-state index is 0.217. The molecule has 1 amide bonds. The summed E-state index contributed by atoms with van der Waals surface area (Å²) in [6, 6.07) is 14.6. The summed E-state index contributed by atoms with van der Waals surface area (Å²) in [7, 11) is 0. The first-order valence-electron chi connectivity index (χ1n) is 8.64. The van der Waals surface area contributed by atoms with Gasteiger partial charge in [-0.1, -0.05) is 30.3 Å². The van der Waals surface area contributed by atoms with E-state index in [2.05, 4.69) is 10.4 Å². The number of carbonyl (C=O) groups is 1. The van der Waals surface area contributed by atoms with Gasteiger partial charge in [0.2, 0.25) is 5.91 Å². The minimum Gasteiger partial charge on any atom is -0.335 e. The molecule has 27 heavy (non-hydrogen) atoms. The Labute approximate surface area is 155 Å². The molecular weight excluding hydrogens is 349 g/mol. The third-order valence-corrected chi connectivity index (χ3v) is 4.41. The molecule has 0 N–H and O–H groups in total. The third-order valence-electron chi connectivity index (χ3n) is 4.41. The van der Waals surface area contributed by atoms with E-state index in [1.54, 1.807) is 41.3 Å². The van der Waals surface area contributed by atoms with Crippen LogP contribution in [0.15, 0.2) is 59.4 Å². The van der Waals surface area contributed by atoms with Gasteiger partial charge in [0.15, 0.2) is 0 Å². The van der Waals surface area contributed by atoms with Crippen LogP contribution in [0.4, 0.5) is 4.39 Å². The quantitative estimate of drug-likeness (QED) is 0.668. The maximum absolute atomic E-state index is 13.1. The van der Waals surface area contributed by atoms with Gasteiger partial charge in [0.05, 0.1) is 11.7 Å². The Bertz CT molecular complexity index is 966. The number of halogens is 1. The van der Waals surface area contributed by atoms with Crippen LogP contribution in [0.25, 0.3) is 5.69 Å². The van der Waals surface area contributed by atoms with Crippen LogP contribution in [0.3, 0.4) is 0 Å². The van der Waals surface area contributed by atoms with Gasteiger partial charge in [-0.05, 0) is 54.1 Å². The van der Waals surface area contributed by atoms with Gasteiger partial charge in [0, 0.05) is 6.54 Å². The molecule has 0 fully saturated rings. The molecule has 0 saturated heterocycles. The number of benzene rings is 2. The zero-order chi connectivity index (χ0) is 19.4. The van der Waals surface area contributed by atoms with E-state index >= 15 is 0 Å². The van der Waals surface area contributed by atoms with Crippen LogP contribution >= 0.6 is 0 Å². The molecule has 8 heteroatoms. The number of aromatic nitrogens is 4. The first-order valence-corrected chi connectivity index (χ1v) is 8.64. The van der Waals surface area contributed by atoms with Crippen molar-refractivity contribution in [1.29, 1.82) is 0 Å². The van der Waals surface area contributed by atoms with Gasteiger partial charge in [-0.25, -0.2) is 9.18 Å². The van der Waals surface area contributed by atoms with E-state index in [1.807, 2.05) is 19.9 Å². The molecule has 3 aromatic rings. The van der Waals surface area contributed by atoms with Gasteiger partial charge >= 0.3 is 5.69 Å². The molecule has 1 heterocycles. The van der Waals surface area contributed by atoms with Crippen LogP contribution in [0.5, 0.6) is 0 Å². The van der Waals surface area contributed by atoms with Gasteiger partial charge in [-0.15, -0.1) is 0 Å². The van der Waals surface area contributed by atoms with Crippen molar-refractivity contribution in [2.24, 2.45) is 0 Å². The van der Waals surface area contributed by atoms with Crippen molar-refractivity contribution in [3.8, 4) is 5.69 Å². The van der Waals surface area contributed by atoms with Gasteiger partial charge in [0.1, 0.15) is 12.4 Å². The molecule has 0 aliphatic carbocycles. The number of rotatable bonds is 6. The van der Waals surface area contributed by atoms with Gasteiger partial charge in [0.25, 0.3) is 0 Å². The lowest BCUT2D eigenvalue weighted by atomic mass is 10.1. The molecule has 0 saturated carbocycles. The summed E-state index contributed by atoms with van der Waals surface area (Å²) in [5.74, 6) is -0.596. The number of amides is 1. The van der Waals surface area contributed by atoms with E-state index in [9.17, 15) is 14.0 Å². The topological polar surface area (TPSA) is 73.0 Å². The highest BCUT2D eigenvalue weighted by Crippen LogP contribution is 2.20. The van der Waals surface area contributed by atoms with Crippen molar-refractivity contribution >= 4 is 5.91 Å². The maximum atomic E-state index is 13.1. The second-order valence-electron chi connectivity index (χ2n) is 6.07. The van der Waals surface area contributed by atoms with Crippen molar-refractivity contribution in [1.82, 2.24) is 24.7 Å². The zero-order valence-corrected chi connectivity index (χ0v) is 15.1.